The molecule has 2 atom stereocenters. The van der Waals surface area contributed by atoms with Crippen molar-refractivity contribution in [2.24, 2.45) is 5.92 Å². The van der Waals surface area contributed by atoms with Gasteiger partial charge in [-0.05, 0) is 75.5 Å². The number of fused-ring (bicyclic) bond motifs is 1. The van der Waals surface area contributed by atoms with Gasteiger partial charge in [-0.1, -0.05) is 104 Å². The predicted molar refractivity (Wildman–Crippen MR) is 134 cm³/mol. The molecule has 0 amide bonds. The van der Waals surface area contributed by atoms with Gasteiger partial charge in [0.2, 0.25) is 0 Å². The van der Waals surface area contributed by atoms with E-state index in [2.05, 4.69) is 124 Å². The quantitative estimate of drug-likeness (QED) is 0.323. The highest BCUT2D eigenvalue weighted by molar-refractivity contribution is 5.99. The average Bonchev–Trinajstić information content (AvgIpc) is 2.81. The second kappa shape index (κ2) is 8.04. The van der Waals surface area contributed by atoms with Crippen molar-refractivity contribution in [2.75, 3.05) is 0 Å². The summed E-state index contributed by atoms with van der Waals surface area (Å²) in [6.07, 6.45) is 9.03. The van der Waals surface area contributed by atoms with E-state index in [1.165, 1.54) is 49.7 Å². The molecule has 0 N–H and O–H groups in total. The highest BCUT2D eigenvalue weighted by Crippen LogP contribution is 2.40. The molecule has 5 rings (SSSR count). The van der Waals surface area contributed by atoms with Gasteiger partial charge in [0.25, 0.3) is 0 Å². The number of hydrogen-bond donors (Lipinski definition) is 0. The summed E-state index contributed by atoms with van der Waals surface area (Å²) in [5.41, 5.74) is 9.31. The standard InChI is InChI=1S/C31H28/c1-21-10-4-6-12-26(21)24-16-18-25(19-17-24)31-20-30(27-13-7-5-11-22(27)2)23(3)28-14-8-9-15-29(28)31/h4-20,22,27H,1-3H3. The van der Waals surface area contributed by atoms with E-state index in [9.17, 15) is 0 Å². The van der Waals surface area contributed by atoms with E-state index in [-0.39, 0.29) is 0 Å². The monoisotopic (exact) mass is 400 g/mol. The molecule has 0 aromatic heterocycles. The SMILES string of the molecule is Cc1ccccc1-c1ccc(-c2cc(C3C=CC=CC3C)c(C)c3ccccc23)cc1. The normalized spacial score (nSPS) is 17.9. The summed E-state index contributed by atoms with van der Waals surface area (Å²) in [4.78, 5) is 0. The van der Waals surface area contributed by atoms with E-state index < -0.39 is 0 Å². The lowest BCUT2D eigenvalue weighted by atomic mass is 9.79. The van der Waals surface area contributed by atoms with Crippen LogP contribution in [0.2, 0.25) is 0 Å². The predicted octanol–water partition coefficient (Wildman–Crippen LogP) is 8.64. The zero-order valence-corrected chi connectivity index (χ0v) is 18.5. The minimum Gasteiger partial charge on any atom is -0.0808 e. The van der Waals surface area contributed by atoms with E-state index >= 15 is 0 Å². The maximum atomic E-state index is 2.44. The van der Waals surface area contributed by atoms with Crippen LogP contribution in [0.15, 0.2) is 103 Å². The van der Waals surface area contributed by atoms with Crippen LogP contribution < -0.4 is 0 Å². The van der Waals surface area contributed by atoms with E-state index in [4.69, 9.17) is 0 Å². The van der Waals surface area contributed by atoms with Crippen LogP contribution in [0, 0.1) is 19.8 Å². The fourth-order valence-electron chi connectivity index (χ4n) is 4.96. The van der Waals surface area contributed by atoms with Crippen LogP contribution in [0.4, 0.5) is 0 Å². The first-order valence-corrected chi connectivity index (χ1v) is 11.2. The number of rotatable bonds is 3. The first-order chi connectivity index (χ1) is 15.1. The molecule has 0 heterocycles. The van der Waals surface area contributed by atoms with Gasteiger partial charge in [-0.2, -0.15) is 0 Å². The van der Waals surface area contributed by atoms with Crippen LogP contribution in [0.3, 0.4) is 0 Å². The molecule has 4 aromatic rings. The topological polar surface area (TPSA) is 0 Å². The molecule has 0 radical (unpaired) electrons. The summed E-state index contributed by atoms with van der Waals surface area (Å²) >= 11 is 0. The Morgan fingerprint density at radius 1 is 0.613 bits per heavy atom. The third-order valence-corrected chi connectivity index (χ3v) is 6.78. The van der Waals surface area contributed by atoms with Gasteiger partial charge in [-0.3, -0.25) is 0 Å². The molecule has 0 saturated carbocycles. The van der Waals surface area contributed by atoms with Gasteiger partial charge in [-0.15, -0.1) is 0 Å². The summed E-state index contributed by atoms with van der Waals surface area (Å²) in [5, 5.41) is 2.68. The van der Waals surface area contributed by atoms with Crippen molar-refractivity contribution in [3.8, 4) is 22.3 Å². The van der Waals surface area contributed by atoms with E-state index in [0.717, 1.165) is 0 Å². The highest BCUT2D eigenvalue weighted by atomic mass is 14.2. The summed E-state index contributed by atoms with van der Waals surface area (Å²) < 4.78 is 0. The van der Waals surface area contributed by atoms with E-state index in [1.807, 2.05) is 0 Å². The fraction of sp³-hybridized carbons (Fsp3) is 0.161. The Labute approximate surface area is 185 Å². The molecule has 1 aliphatic rings. The zero-order valence-electron chi connectivity index (χ0n) is 18.5. The molecule has 0 fully saturated rings. The average molecular weight is 401 g/mol. The Bertz CT molecular complexity index is 1300. The van der Waals surface area contributed by atoms with Crippen molar-refractivity contribution in [1.29, 1.82) is 0 Å². The minimum atomic E-state index is 0.416. The lowest BCUT2D eigenvalue weighted by molar-refractivity contribution is 0.633. The van der Waals surface area contributed by atoms with Gasteiger partial charge in [0.15, 0.2) is 0 Å². The summed E-state index contributed by atoms with van der Waals surface area (Å²) in [5.74, 6) is 0.917. The third kappa shape index (κ3) is 3.53. The summed E-state index contributed by atoms with van der Waals surface area (Å²) in [6, 6.07) is 29.0. The smallest absolute Gasteiger partial charge is 0.00844 e. The third-order valence-electron chi connectivity index (χ3n) is 6.78. The van der Waals surface area contributed by atoms with Crippen LogP contribution in [0.25, 0.3) is 33.0 Å². The van der Waals surface area contributed by atoms with Gasteiger partial charge in [-0.25, -0.2) is 0 Å². The number of allylic oxidation sites excluding steroid dienone is 4. The first-order valence-electron chi connectivity index (χ1n) is 11.2. The Hall–Kier alpha value is -3.38. The lowest BCUT2D eigenvalue weighted by Gasteiger charge is -2.25. The lowest BCUT2D eigenvalue weighted by Crippen LogP contribution is -2.09. The molecule has 0 bridgehead atoms. The molecule has 152 valence electrons. The first kappa shape index (κ1) is 19.6. The highest BCUT2D eigenvalue weighted by Gasteiger charge is 2.21. The van der Waals surface area contributed by atoms with Crippen molar-refractivity contribution in [3.05, 3.63) is 120 Å². The van der Waals surface area contributed by atoms with Gasteiger partial charge in [0, 0.05) is 5.92 Å². The van der Waals surface area contributed by atoms with Crippen molar-refractivity contribution >= 4 is 10.8 Å². The summed E-state index contributed by atoms with van der Waals surface area (Å²) in [6.45, 7) is 6.77. The minimum absolute atomic E-state index is 0.416. The molecule has 1 aliphatic carbocycles. The largest absolute Gasteiger partial charge is 0.0808 e. The zero-order chi connectivity index (χ0) is 21.4. The fourth-order valence-corrected chi connectivity index (χ4v) is 4.96. The number of aryl methyl sites for hydroxylation is 2. The van der Waals surface area contributed by atoms with Crippen LogP contribution in [-0.2, 0) is 0 Å². The molecular formula is C31H28. The molecule has 0 heteroatoms. The van der Waals surface area contributed by atoms with Gasteiger partial charge >= 0.3 is 0 Å². The van der Waals surface area contributed by atoms with Crippen LogP contribution in [0.5, 0.6) is 0 Å². The van der Waals surface area contributed by atoms with E-state index in [1.54, 1.807) is 0 Å². The molecule has 0 nitrogen and oxygen atoms in total. The molecule has 4 aromatic carbocycles. The molecular weight excluding hydrogens is 372 g/mol. The second-order valence-corrected chi connectivity index (χ2v) is 8.73. The summed E-state index contributed by atoms with van der Waals surface area (Å²) in [7, 11) is 0. The molecule has 2 unspecified atom stereocenters. The van der Waals surface area contributed by atoms with Crippen LogP contribution in [0.1, 0.15) is 29.5 Å². The maximum Gasteiger partial charge on any atom is 0.00844 e. The second-order valence-electron chi connectivity index (χ2n) is 8.73. The molecule has 0 aliphatic heterocycles. The van der Waals surface area contributed by atoms with Crippen molar-refractivity contribution in [1.82, 2.24) is 0 Å². The molecule has 31 heavy (non-hydrogen) atoms. The Morgan fingerprint density at radius 2 is 1.23 bits per heavy atom. The van der Waals surface area contributed by atoms with Gasteiger partial charge in [0.05, 0.1) is 0 Å². The van der Waals surface area contributed by atoms with Crippen molar-refractivity contribution in [3.63, 3.8) is 0 Å². The van der Waals surface area contributed by atoms with Crippen LogP contribution in [-0.4, -0.2) is 0 Å². The van der Waals surface area contributed by atoms with E-state index in [0.29, 0.717) is 11.8 Å². The van der Waals surface area contributed by atoms with Crippen molar-refractivity contribution < 1.29 is 0 Å². The van der Waals surface area contributed by atoms with Gasteiger partial charge < -0.3 is 0 Å². The molecule has 0 saturated heterocycles. The Kier molecular flexibility index (Phi) is 5.08. The number of hydrogen-bond acceptors (Lipinski definition) is 0. The van der Waals surface area contributed by atoms with Crippen molar-refractivity contribution in [2.45, 2.75) is 26.7 Å². The molecule has 0 spiro atoms. The number of benzene rings is 4. The maximum absolute atomic E-state index is 2.44. The Balaban J connectivity index is 1.66. The van der Waals surface area contributed by atoms with Crippen LogP contribution >= 0.6 is 0 Å². The van der Waals surface area contributed by atoms with Gasteiger partial charge in [0.1, 0.15) is 0 Å². The Morgan fingerprint density at radius 3 is 1.94 bits per heavy atom.